The fourth-order valence-electron chi connectivity index (χ4n) is 2.59. The van der Waals surface area contributed by atoms with Crippen molar-refractivity contribution in [1.82, 2.24) is 5.32 Å². The van der Waals surface area contributed by atoms with Gasteiger partial charge in [0.15, 0.2) is 0 Å². The summed E-state index contributed by atoms with van der Waals surface area (Å²) in [4.78, 5) is 0. The Morgan fingerprint density at radius 3 is 3.00 bits per heavy atom. The molecule has 3 heteroatoms. The second kappa shape index (κ2) is 6.48. The Balaban J connectivity index is 1.90. The minimum absolute atomic E-state index is 0.288. The van der Waals surface area contributed by atoms with E-state index in [0.717, 1.165) is 13.0 Å². The zero-order chi connectivity index (χ0) is 13.0. The van der Waals surface area contributed by atoms with Gasteiger partial charge in [-0.2, -0.15) is 0 Å². The second-order valence-electron chi connectivity index (χ2n) is 5.20. The van der Waals surface area contributed by atoms with E-state index in [4.69, 9.17) is 0 Å². The van der Waals surface area contributed by atoms with Gasteiger partial charge in [-0.3, -0.25) is 4.21 Å². The summed E-state index contributed by atoms with van der Waals surface area (Å²) in [6.07, 6.45) is 6.48. The first-order valence-electron chi connectivity index (χ1n) is 6.82. The van der Waals surface area contributed by atoms with Crippen molar-refractivity contribution in [3.63, 3.8) is 0 Å². The fraction of sp³-hybridized carbons (Fsp3) is 0.600. The molecule has 1 aromatic carbocycles. The number of hydrogen-bond acceptors (Lipinski definition) is 2. The number of aryl methyl sites for hydroxylation is 1. The molecule has 1 N–H and O–H groups in total. The number of fused-ring (bicyclic) bond motifs is 1. The molecule has 2 nitrogen and oxygen atoms in total. The Morgan fingerprint density at radius 1 is 1.44 bits per heavy atom. The molecular weight excluding hydrogens is 242 g/mol. The van der Waals surface area contributed by atoms with Crippen molar-refractivity contribution in [1.29, 1.82) is 0 Å². The van der Waals surface area contributed by atoms with Crippen LogP contribution in [0.15, 0.2) is 24.3 Å². The maximum absolute atomic E-state index is 11.3. The van der Waals surface area contributed by atoms with E-state index in [1.54, 1.807) is 6.26 Å². The van der Waals surface area contributed by atoms with Crippen LogP contribution in [0.3, 0.4) is 0 Å². The van der Waals surface area contributed by atoms with E-state index in [9.17, 15) is 4.21 Å². The van der Waals surface area contributed by atoms with E-state index >= 15 is 0 Å². The van der Waals surface area contributed by atoms with E-state index in [0.29, 0.717) is 6.04 Å². The van der Waals surface area contributed by atoms with Gasteiger partial charge >= 0.3 is 0 Å². The van der Waals surface area contributed by atoms with Crippen molar-refractivity contribution in [3.8, 4) is 0 Å². The van der Waals surface area contributed by atoms with E-state index in [1.165, 1.54) is 30.4 Å². The second-order valence-corrected chi connectivity index (χ2v) is 7.00. The maximum Gasteiger partial charge on any atom is 0.0329 e. The number of hydrogen-bond donors (Lipinski definition) is 1. The third kappa shape index (κ3) is 3.42. The lowest BCUT2D eigenvalue weighted by molar-refractivity contribution is 0.455. The van der Waals surface area contributed by atoms with Crippen LogP contribution >= 0.6 is 0 Å². The molecule has 0 saturated carbocycles. The number of benzene rings is 1. The molecule has 0 spiro atoms. The summed E-state index contributed by atoms with van der Waals surface area (Å²) in [5, 5.41) is 3.92. The Morgan fingerprint density at radius 2 is 2.22 bits per heavy atom. The third-order valence-electron chi connectivity index (χ3n) is 3.88. The molecule has 0 aromatic heterocycles. The number of nitrogens with one attached hydrogen (secondary N) is 1. The molecule has 1 aromatic rings. The van der Waals surface area contributed by atoms with Gasteiger partial charge in [0.25, 0.3) is 0 Å². The zero-order valence-corrected chi connectivity index (χ0v) is 12.1. The van der Waals surface area contributed by atoms with Crippen molar-refractivity contribution < 1.29 is 4.21 Å². The smallest absolute Gasteiger partial charge is 0.0329 e. The predicted octanol–water partition coefficient (Wildman–Crippen LogP) is 2.81. The predicted molar refractivity (Wildman–Crippen MR) is 78.3 cm³/mol. The molecule has 0 saturated heterocycles. The monoisotopic (exact) mass is 265 g/mol. The Kier molecular flexibility index (Phi) is 4.95. The SMILES string of the molecule is CC(CCNC1CCCc2ccccc21)S(C)=O. The summed E-state index contributed by atoms with van der Waals surface area (Å²) in [5.41, 5.74) is 2.96. The molecule has 1 aliphatic rings. The van der Waals surface area contributed by atoms with Crippen molar-refractivity contribution in [3.05, 3.63) is 35.4 Å². The zero-order valence-electron chi connectivity index (χ0n) is 11.3. The normalized spacial score (nSPS) is 22.2. The molecular formula is C15H23NOS. The Labute approximate surface area is 113 Å². The van der Waals surface area contributed by atoms with Crippen LogP contribution in [0.2, 0.25) is 0 Å². The molecule has 0 aliphatic heterocycles. The van der Waals surface area contributed by atoms with E-state index < -0.39 is 10.8 Å². The minimum atomic E-state index is -0.702. The maximum atomic E-state index is 11.3. The van der Waals surface area contributed by atoms with Gasteiger partial charge in [0, 0.05) is 28.3 Å². The van der Waals surface area contributed by atoms with Crippen molar-refractivity contribution in [2.24, 2.45) is 0 Å². The molecule has 18 heavy (non-hydrogen) atoms. The van der Waals surface area contributed by atoms with Crippen LogP contribution in [-0.2, 0) is 17.2 Å². The van der Waals surface area contributed by atoms with Crippen LogP contribution in [0.1, 0.15) is 43.4 Å². The van der Waals surface area contributed by atoms with Gasteiger partial charge in [-0.25, -0.2) is 0 Å². The van der Waals surface area contributed by atoms with Crippen LogP contribution in [0.4, 0.5) is 0 Å². The van der Waals surface area contributed by atoms with Crippen LogP contribution in [0, 0.1) is 0 Å². The molecule has 100 valence electrons. The van der Waals surface area contributed by atoms with Gasteiger partial charge in [0.1, 0.15) is 0 Å². The molecule has 3 unspecified atom stereocenters. The molecule has 0 fully saturated rings. The highest BCUT2D eigenvalue weighted by atomic mass is 32.2. The average molecular weight is 265 g/mol. The first-order valence-corrected chi connectivity index (χ1v) is 8.44. The Bertz CT molecular complexity index is 419. The molecule has 0 radical (unpaired) electrons. The first kappa shape index (κ1) is 13.8. The number of rotatable bonds is 5. The summed E-state index contributed by atoms with van der Waals surface area (Å²) >= 11 is 0. The van der Waals surface area contributed by atoms with Crippen molar-refractivity contribution in [2.75, 3.05) is 12.8 Å². The lowest BCUT2D eigenvalue weighted by Crippen LogP contribution is -2.28. The van der Waals surface area contributed by atoms with Crippen LogP contribution in [0.25, 0.3) is 0 Å². The van der Waals surface area contributed by atoms with E-state index in [1.807, 2.05) is 0 Å². The Hall–Kier alpha value is -0.670. The molecule has 0 amide bonds. The fourth-order valence-corrected chi connectivity index (χ4v) is 3.04. The minimum Gasteiger partial charge on any atom is -0.310 e. The first-order chi connectivity index (χ1) is 8.68. The van der Waals surface area contributed by atoms with E-state index in [-0.39, 0.29) is 5.25 Å². The summed E-state index contributed by atoms with van der Waals surface area (Å²) in [7, 11) is -0.702. The van der Waals surface area contributed by atoms with Crippen LogP contribution < -0.4 is 5.32 Å². The van der Waals surface area contributed by atoms with Crippen LogP contribution in [-0.4, -0.2) is 22.3 Å². The molecule has 2 rings (SSSR count). The van der Waals surface area contributed by atoms with Gasteiger partial charge < -0.3 is 5.32 Å². The van der Waals surface area contributed by atoms with Gasteiger partial charge in [-0.15, -0.1) is 0 Å². The molecule has 3 atom stereocenters. The summed E-state index contributed by atoms with van der Waals surface area (Å²) in [6, 6.07) is 9.24. The highest BCUT2D eigenvalue weighted by Crippen LogP contribution is 2.29. The summed E-state index contributed by atoms with van der Waals surface area (Å²) in [6.45, 7) is 3.02. The average Bonchev–Trinajstić information content (AvgIpc) is 2.38. The standard InChI is InChI=1S/C15H23NOS/c1-12(18(2)17)10-11-16-15-9-5-7-13-6-3-4-8-14(13)15/h3-4,6,8,12,15-16H,5,7,9-11H2,1-2H3. The molecule has 0 heterocycles. The van der Waals surface area contributed by atoms with E-state index in [2.05, 4.69) is 36.5 Å². The van der Waals surface area contributed by atoms with Crippen LogP contribution in [0.5, 0.6) is 0 Å². The lowest BCUT2D eigenvalue weighted by Gasteiger charge is -2.26. The van der Waals surface area contributed by atoms with Gasteiger partial charge in [0.2, 0.25) is 0 Å². The van der Waals surface area contributed by atoms with Gasteiger partial charge in [-0.05, 0) is 43.4 Å². The topological polar surface area (TPSA) is 29.1 Å². The summed E-state index contributed by atoms with van der Waals surface area (Å²) < 4.78 is 11.3. The lowest BCUT2D eigenvalue weighted by atomic mass is 9.88. The quantitative estimate of drug-likeness (QED) is 0.887. The largest absolute Gasteiger partial charge is 0.310 e. The summed E-state index contributed by atoms with van der Waals surface area (Å²) in [5.74, 6) is 0. The van der Waals surface area contributed by atoms with Gasteiger partial charge in [0.05, 0.1) is 0 Å². The third-order valence-corrected chi connectivity index (χ3v) is 5.25. The van der Waals surface area contributed by atoms with Gasteiger partial charge in [-0.1, -0.05) is 31.2 Å². The van der Waals surface area contributed by atoms with Crippen molar-refractivity contribution >= 4 is 10.8 Å². The highest BCUT2D eigenvalue weighted by molar-refractivity contribution is 7.84. The highest BCUT2D eigenvalue weighted by Gasteiger charge is 2.19. The van der Waals surface area contributed by atoms with Crippen molar-refractivity contribution in [2.45, 2.75) is 43.9 Å². The molecule has 0 bridgehead atoms. The molecule has 1 aliphatic carbocycles.